The third-order valence-electron chi connectivity index (χ3n) is 6.25. The Morgan fingerprint density at radius 1 is 1.08 bits per heavy atom. The van der Waals surface area contributed by atoms with Gasteiger partial charge in [0.1, 0.15) is 5.82 Å². The molecule has 0 unspecified atom stereocenters. The smallest absolute Gasteiger partial charge is 0.380 e. The number of carbonyl (C=O) groups is 2. The van der Waals surface area contributed by atoms with Crippen LogP contribution in [0.5, 0.6) is 0 Å². The van der Waals surface area contributed by atoms with E-state index in [0.717, 1.165) is 17.7 Å². The van der Waals surface area contributed by atoms with E-state index in [-0.39, 0.29) is 37.0 Å². The number of aryl methyl sites for hydroxylation is 1. The van der Waals surface area contributed by atoms with E-state index < -0.39 is 23.0 Å². The zero-order valence-electron chi connectivity index (χ0n) is 20.0. The third-order valence-corrected chi connectivity index (χ3v) is 6.25. The van der Waals surface area contributed by atoms with Gasteiger partial charge in [0, 0.05) is 43.2 Å². The van der Waals surface area contributed by atoms with Crippen LogP contribution >= 0.6 is 0 Å². The van der Waals surface area contributed by atoms with Gasteiger partial charge in [0.2, 0.25) is 5.91 Å². The molecule has 3 aromatic rings. The largest absolute Gasteiger partial charge is 0.418 e. The van der Waals surface area contributed by atoms with E-state index in [1.165, 1.54) is 6.20 Å². The lowest BCUT2D eigenvalue weighted by Gasteiger charge is -2.25. The zero-order chi connectivity index (χ0) is 26.6. The highest BCUT2D eigenvalue weighted by Crippen LogP contribution is 2.37. The van der Waals surface area contributed by atoms with Crippen molar-refractivity contribution in [3.8, 4) is 0 Å². The Morgan fingerprint density at radius 3 is 2.49 bits per heavy atom. The second-order valence-electron chi connectivity index (χ2n) is 9.13. The van der Waals surface area contributed by atoms with Gasteiger partial charge in [0.05, 0.1) is 23.3 Å². The molecule has 1 fully saturated rings. The summed E-state index contributed by atoms with van der Waals surface area (Å²) in [6, 6.07) is 10.6. The van der Waals surface area contributed by atoms with Crippen molar-refractivity contribution in [1.29, 1.82) is 0 Å². The lowest BCUT2D eigenvalue weighted by atomic mass is 9.80. The van der Waals surface area contributed by atoms with Gasteiger partial charge >= 0.3 is 6.18 Å². The second kappa shape index (κ2) is 10.7. The molecule has 194 valence electrons. The second-order valence-corrected chi connectivity index (χ2v) is 9.13. The first-order chi connectivity index (χ1) is 17.6. The Balaban J connectivity index is 1.40. The maximum absolute atomic E-state index is 13.3. The number of ketones is 1. The van der Waals surface area contributed by atoms with Gasteiger partial charge in [-0.3, -0.25) is 14.6 Å². The van der Waals surface area contributed by atoms with Crippen LogP contribution in [0.15, 0.2) is 60.9 Å². The molecule has 1 aliphatic heterocycles. The van der Waals surface area contributed by atoms with E-state index in [9.17, 15) is 27.2 Å². The standard InChI is InChI=1S/C27H25F4N3O3/c1-17-10-19(15-32-13-17)24(35)12-26(8-9-37-16-26)25(36)33-14-18-2-5-21(6-3-18)34-23-7-4-20(28)11-22(23)27(29,30)31/h2-7,10-11,13,15,34H,8-9,12,14,16H2,1H3,(H,33,36)/t26-/m0/s1. The number of amides is 1. The summed E-state index contributed by atoms with van der Waals surface area (Å²) in [5.41, 5.74) is -0.00658. The van der Waals surface area contributed by atoms with E-state index in [4.69, 9.17) is 4.74 Å². The van der Waals surface area contributed by atoms with Gasteiger partial charge in [-0.25, -0.2) is 4.39 Å². The zero-order valence-corrected chi connectivity index (χ0v) is 20.0. The normalized spacial score (nSPS) is 17.4. The molecule has 1 aliphatic rings. The number of ether oxygens (including phenoxy) is 1. The molecule has 2 N–H and O–H groups in total. The van der Waals surface area contributed by atoms with Crippen molar-refractivity contribution in [3.63, 3.8) is 0 Å². The molecule has 0 radical (unpaired) electrons. The summed E-state index contributed by atoms with van der Waals surface area (Å²) in [6.45, 7) is 2.49. The van der Waals surface area contributed by atoms with Crippen LogP contribution in [0.3, 0.4) is 0 Å². The molecule has 4 rings (SSSR count). The molecular formula is C27H25F4N3O3. The lowest BCUT2D eigenvalue weighted by Crippen LogP contribution is -2.42. The van der Waals surface area contributed by atoms with Crippen molar-refractivity contribution in [2.45, 2.75) is 32.5 Å². The van der Waals surface area contributed by atoms with Crippen LogP contribution in [0, 0.1) is 18.2 Å². The van der Waals surface area contributed by atoms with Gasteiger partial charge in [0.25, 0.3) is 0 Å². The van der Waals surface area contributed by atoms with E-state index in [1.54, 1.807) is 36.5 Å². The predicted octanol–water partition coefficient (Wildman–Crippen LogP) is 5.59. The third kappa shape index (κ3) is 6.32. The Morgan fingerprint density at radius 2 is 1.84 bits per heavy atom. The SMILES string of the molecule is Cc1cncc(C(=O)C[C@@]2(C(=O)NCc3ccc(Nc4ccc(F)cc4C(F)(F)F)cc3)CCOC2)c1. The summed E-state index contributed by atoms with van der Waals surface area (Å²) in [7, 11) is 0. The first-order valence-corrected chi connectivity index (χ1v) is 11.6. The van der Waals surface area contributed by atoms with Crippen molar-refractivity contribution in [1.82, 2.24) is 10.3 Å². The molecule has 0 aliphatic carbocycles. The Kier molecular flexibility index (Phi) is 7.58. The van der Waals surface area contributed by atoms with Gasteiger partial charge in [-0.05, 0) is 60.9 Å². The van der Waals surface area contributed by atoms with Crippen molar-refractivity contribution < 1.29 is 31.9 Å². The first kappa shape index (κ1) is 26.3. The molecule has 1 saturated heterocycles. The highest BCUT2D eigenvalue weighted by Gasteiger charge is 2.44. The number of alkyl halides is 3. The molecule has 0 bridgehead atoms. The number of hydrogen-bond acceptors (Lipinski definition) is 5. The maximum Gasteiger partial charge on any atom is 0.418 e. The quantitative estimate of drug-likeness (QED) is 0.302. The number of Topliss-reactive ketones (excluding diaryl/α,β-unsaturated/α-hetero) is 1. The molecule has 0 saturated carbocycles. The minimum absolute atomic E-state index is 0.00790. The van der Waals surface area contributed by atoms with Crippen LogP contribution in [0.2, 0.25) is 0 Å². The van der Waals surface area contributed by atoms with E-state index in [1.807, 2.05) is 6.92 Å². The molecule has 2 aromatic carbocycles. The van der Waals surface area contributed by atoms with Gasteiger partial charge in [-0.1, -0.05) is 12.1 Å². The Hall–Kier alpha value is -3.79. The van der Waals surface area contributed by atoms with E-state index >= 15 is 0 Å². The van der Waals surface area contributed by atoms with Crippen molar-refractivity contribution in [2.75, 3.05) is 18.5 Å². The minimum atomic E-state index is -4.72. The van der Waals surface area contributed by atoms with Crippen LogP contribution in [0.1, 0.15) is 39.9 Å². The molecule has 2 heterocycles. The molecular weight excluding hydrogens is 490 g/mol. The van der Waals surface area contributed by atoms with Crippen LogP contribution in [-0.4, -0.2) is 29.9 Å². The summed E-state index contributed by atoms with van der Waals surface area (Å²) in [5, 5.41) is 5.51. The fourth-order valence-corrected chi connectivity index (χ4v) is 4.21. The number of hydrogen-bond donors (Lipinski definition) is 2. The van der Waals surface area contributed by atoms with Gasteiger partial charge in [0.15, 0.2) is 5.78 Å². The van der Waals surface area contributed by atoms with Crippen molar-refractivity contribution >= 4 is 23.1 Å². The van der Waals surface area contributed by atoms with Crippen molar-refractivity contribution in [3.05, 3.63) is 89.0 Å². The molecule has 10 heteroatoms. The van der Waals surface area contributed by atoms with Crippen LogP contribution in [-0.2, 0) is 22.3 Å². The summed E-state index contributed by atoms with van der Waals surface area (Å²) < 4.78 is 58.5. The number of benzene rings is 2. The molecule has 1 aromatic heterocycles. The Bertz CT molecular complexity index is 1290. The lowest BCUT2D eigenvalue weighted by molar-refractivity contribution is -0.137. The molecule has 37 heavy (non-hydrogen) atoms. The molecule has 6 nitrogen and oxygen atoms in total. The summed E-state index contributed by atoms with van der Waals surface area (Å²) in [6.07, 6.45) is -1.19. The molecule has 1 amide bonds. The highest BCUT2D eigenvalue weighted by atomic mass is 19.4. The number of halogens is 4. The monoisotopic (exact) mass is 515 g/mol. The number of pyridine rings is 1. The van der Waals surface area contributed by atoms with Gasteiger partial charge in [-0.2, -0.15) is 13.2 Å². The van der Waals surface area contributed by atoms with Gasteiger partial charge in [-0.15, -0.1) is 0 Å². The van der Waals surface area contributed by atoms with E-state index in [2.05, 4.69) is 15.6 Å². The number of carbonyl (C=O) groups excluding carboxylic acids is 2. The van der Waals surface area contributed by atoms with Crippen molar-refractivity contribution in [2.24, 2.45) is 5.41 Å². The predicted molar refractivity (Wildman–Crippen MR) is 129 cm³/mol. The highest BCUT2D eigenvalue weighted by molar-refractivity contribution is 5.99. The van der Waals surface area contributed by atoms with Crippen LogP contribution < -0.4 is 10.6 Å². The fourth-order valence-electron chi connectivity index (χ4n) is 4.21. The summed E-state index contributed by atoms with van der Waals surface area (Å²) in [4.78, 5) is 30.0. The van der Waals surface area contributed by atoms with E-state index in [0.29, 0.717) is 35.9 Å². The first-order valence-electron chi connectivity index (χ1n) is 11.6. The average molecular weight is 516 g/mol. The summed E-state index contributed by atoms with van der Waals surface area (Å²) >= 11 is 0. The summed E-state index contributed by atoms with van der Waals surface area (Å²) in [5.74, 6) is -1.47. The average Bonchev–Trinajstić information content (AvgIpc) is 3.33. The maximum atomic E-state index is 13.3. The molecule has 1 atom stereocenters. The van der Waals surface area contributed by atoms with Crippen LogP contribution in [0.4, 0.5) is 28.9 Å². The van der Waals surface area contributed by atoms with Crippen LogP contribution in [0.25, 0.3) is 0 Å². The van der Waals surface area contributed by atoms with Gasteiger partial charge < -0.3 is 15.4 Å². The minimum Gasteiger partial charge on any atom is -0.380 e. The Labute approximate surface area is 211 Å². The molecule has 0 spiro atoms. The fraction of sp³-hybridized carbons (Fsp3) is 0.296. The number of aromatic nitrogens is 1. The number of nitrogens with zero attached hydrogens (tertiary/aromatic N) is 1. The topological polar surface area (TPSA) is 80.3 Å². The number of anilines is 2. The number of rotatable bonds is 8. The number of nitrogens with one attached hydrogen (secondary N) is 2.